The number of aryl methyl sites for hydroxylation is 1. The van der Waals surface area contributed by atoms with Gasteiger partial charge in [-0.15, -0.1) is 0 Å². The molecule has 0 spiro atoms. The van der Waals surface area contributed by atoms with Gasteiger partial charge in [0.05, 0.1) is 12.7 Å². The second-order valence-corrected chi connectivity index (χ2v) is 6.72. The van der Waals surface area contributed by atoms with Crippen molar-refractivity contribution in [1.29, 1.82) is 0 Å². The highest BCUT2D eigenvalue weighted by Crippen LogP contribution is 2.50. The Morgan fingerprint density at radius 2 is 2.16 bits per heavy atom. The van der Waals surface area contributed by atoms with Gasteiger partial charge in [-0.2, -0.15) is 0 Å². The van der Waals surface area contributed by atoms with Gasteiger partial charge in [-0.05, 0) is 42.6 Å². The van der Waals surface area contributed by atoms with Crippen LogP contribution in [0.1, 0.15) is 56.8 Å². The summed E-state index contributed by atoms with van der Waals surface area (Å²) >= 11 is 0. The Morgan fingerprint density at radius 3 is 2.89 bits per heavy atom. The van der Waals surface area contributed by atoms with Gasteiger partial charge in [0.15, 0.2) is 0 Å². The predicted molar refractivity (Wildman–Crippen MR) is 76.3 cm³/mol. The fourth-order valence-corrected chi connectivity index (χ4v) is 3.80. The third kappa shape index (κ3) is 2.27. The molecule has 0 aromatic heterocycles. The topological polar surface area (TPSA) is 29.5 Å². The number of benzene rings is 1. The summed E-state index contributed by atoms with van der Waals surface area (Å²) in [6.07, 6.45) is 5.34. The average molecular weight is 260 g/mol. The predicted octanol–water partition coefficient (Wildman–Crippen LogP) is 3.87. The van der Waals surface area contributed by atoms with Gasteiger partial charge in [0.1, 0.15) is 5.75 Å². The molecule has 1 aliphatic heterocycles. The van der Waals surface area contributed by atoms with Crippen molar-refractivity contribution in [2.45, 2.75) is 52.1 Å². The zero-order chi connectivity index (χ0) is 13.5. The fraction of sp³-hybridized carbons (Fsp3) is 0.647. The molecule has 0 radical (unpaired) electrons. The first-order valence-corrected chi connectivity index (χ1v) is 7.52. The smallest absolute Gasteiger partial charge is 0.128 e. The molecule has 0 saturated heterocycles. The summed E-state index contributed by atoms with van der Waals surface area (Å²) in [6, 6.07) is 6.24. The minimum absolute atomic E-state index is 0.233. The molecule has 2 nitrogen and oxygen atoms in total. The number of ether oxygens (including phenoxy) is 1. The van der Waals surface area contributed by atoms with E-state index in [1.54, 1.807) is 0 Å². The molecule has 2 aliphatic rings. The second-order valence-electron chi connectivity index (χ2n) is 6.72. The molecule has 1 aliphatic carbocycles. The standard InChI is InChI=1S/C17H24O2/c1-17(2)10-4-9-14(17)15(18)13-8-3-6-12-7-5-11-19-16(12)13/h3,6,8,14-15,18H,4-5,7,9-11H2,1-2H3. The van der Waals surface area contributed by atoms with Crippen LogP contribution >= 0.6 is 0 Å². The molecule has 2 unspecified atom stereocenters. The summed E-state index contributed by atoms with van der Waals surface area (Å²) in [4.78, 5) is 0. The van der Waals surface area contributed by atoms with Crippen molar-refractivity contribution in [3.05, 3.63) is 29.3 Å². The molecule has 1 N–H and O–H groups in total. The monoisotopic (exact) mass is 260 g/mol. The van der Waals surface area contributed by atoms with Crippen LogP contribution in [0, 0.1) is 11.3 Å². The van der Waals surface area contributed by atoms with Crippen LogP contribution < -0.4 is 4.74 Å². The van der Waals surface area contributed by atoms with Crippen LogP contribution in [0.15, 0.2) is 18.2 Å². The lowest BCUT2D eigenvalue weighted by Gasteiger charge is -2.33. The molecule has 0 bridgehead atoms. The quantitative estimate of drug-likeness (QED) is 0.874. The van der Waals surface area contributed by atoms with Crippen LogP contribution in [0.2, 0.25) is 0 Å². The summed E-state index contributed by atoms with van der Waals surface area (Å²) < 4.78 is 5.84. The van der Waals surface area contributed by atoms with Crippen LogP contribution in [0.25, 0.3) is 0 Å². The van der Waals surface area contributed by atoms with Gasteiger partial charge in [0.2, 0.25) is 0 Å². The Labute approximate surface area is 115 Å². The first-order valence-electron chi connectivity index (χ1n) is 7.52. The Bertz CT molecular complexity index is 464. The van der Waals surface area contributed by atoms with E-state index in [0.717, 1.165) is 37.2 Å². The van der Waals surface area contributed by atoms with E-state index < -0.39 is 0 Å². The van der Waals surface area contributed by atoms with Crippen molar-refractivity contribution < 1.29 is 9.84 Å². The fourth-order valence-electron chi connectivity index (χ4n) is 3.80. The maximum absolute atomic E-state index is 10.8. The molecule has 1 aromatic carbocycles. The van der Waals surface area contributed by atoms with Crippen molar-refractivity contribution in [1.82, 2.24) is 0 Å². The highest BCUT2D eigenvalue weighted by atomic mass is 16.5. The number of fused-ring (bicyclic) bond motifs is 1. The molecule has 3 rings (SSSR count). The van der Waals surface area contributed by atoms with Crippen LogP contribution in [0.5, 0.6) is 5.75 Å². The van der Waals surface area contributed by atoms with Crippen molar-refractivity contribution in [3.63, 3.8) is 0 Å². The van der Waals surface area contributed by atoms with Gasteiger partial charge in [-0.3, -0.25) is 0 Å². The summed E-state index contributed by atoms with van der Waals surface area (Å²) in [5.41, 5.74) is 2.51. The normalized spacial score (nSPS) is 26.6. The summed E-state index contributed by atoms with van der Waals surface area (Å²) in [5, 5.41) is 10.8. The van der Waals surface area contributed by atoms with Crippen molar-refractivity contribution >= 4 is 0 Å². The minimum Gasteiger partial charge on any atom is -0.493 e. The maximum Gasteiger partial charge on any atom is 0.128 e. The van der Waals surface area contributed by atoms with Gasteiger partial charge < -0.3 is 9.84 Å². The van der Waals surface area contributed by atoms with Crippen LogP contribution in [-0.4, -0.2) is 11.7 Å². The van der Waals surface area contributed by atoms with Crippen LogP contribution in [0.3, 0.4) is 0 Å². The summed E-state index contributed by atoms with van der Waals surface area (Å²) in [6.45, 7) is 5.35. The van der Waals surface area contributed by atoms with Crippen molar-refractivity contribution in [2.75, 3.05) is 6.61 Å². The van der Waals surface area contributed by atoms with Gasteiger partial charge in [-0.1, -0.05) is 38.5 Å². The van der Waals surface area contributed by atoms with E-state index >= 15 is 0 Å². The zero-order valence-electron chi connectivity index (χ0n) is 12.0. The zero-order valence-corrected chi connectivity index (χ0v) is 12.0. The highest BCUT2D eigenvalue weighted by Gasteiger charge is 2.40. The van der Waals surface area contributed by atoms with Gasteiger partial charge >= 0.3 is 0 Å². The number of para-hydroxylation sites is 1. The Hall–Kier alpha value is -1.02. The largest absolute Gasteiger partial charge is 0.493 e. The lowest BCUT2D eigenvalue weighted by molar-refractivity contribution is 0.0503. The molecule has 1 saturated carbocycles. The average Bonchev–Trinajstić information content (AvgIpc) is 2.77. The molecule has 1 aromatic rings. The molecule has 2 atom stereocenters. The van der Waals surface area contributed by atoms with E-state index in [0.29, 0.717) is 5.92 Å². The molecule has 1 fully saturated rings. The molecule has 2 heteroatoms. The molecule has 104 valence electrons. The van der Waals surface area contributed by atoms with Crippen LogP contribution in [-0.2, 0) is 6.42 Å². The van der Waals surface area contributed by atoms with E-state index in [1.807, 2.05) is 6.07 Å². The lowest BCUT2D eigenvalue weighted by Crippen LogP contribution is -2.25. The first-order chi connectivity index (χ1) is 9.09. The van der Waals surface area contributed by atoms with Gasteiger partial charge in [0, 0.05) is 5.56 Å². The molecular weight excluding hydrogens is 236 g/mol. The Morgan fingerprint density at radius 1 is 1.32 bits per heavy atom. The number of rotatable bonds is 2. The third-order valence-corrected chi connectivity index (χ3v) is 5.00. The SMILES string of the molecule is CC1(C)CCCC1C(O)c1cccc2c1OCCC2. The summed E-state index contributed by atoms with van der Waals surface area (Å²) in [7, 11) is 0. The molecular formula is C17H24O2. The number of hydrogen-bond donors (Lipinski definition) is 1. The number of aliphatic hydroxyl groups excluding tert-OH is 1. The third-order valence-electron chi connectivity index (χ3n) is 5.00. The molecule has 19 heavy (non-hydrogen) atoms. The second kappa shape index (κ2) is 4.82. The van der Waals surface area contributed by atoms with E-state index in [1.165, 1.54) is 18.4 Å². The first kappa shape index (κ1) is 13.0. The van der Waals surface area contributed by atoms with E-state index in [2.05, 4.69) is 26.0 Å². The van der Waals surface area contributed by atoms with Crippen molar-refractivity contribution in [2.24, 2.45) is 11.3 Å². The molecule has 1 heterocycles. The Kier molecular flexibility index (Phi) is 3.30. The van der Waals surface area contributed by atoms with Gasteiger partial charge in [-0.25, -0.2) is 0 Å². The maximum atomic E-state index is 10.8. The lowest BCUT2D eigenvalue weighted by atomic mass is 9.76. The highest BCUT2D eigenvalue weighted by molar-refractivity contribution is 5.44. The van der Waals surface area contributed by atoms with E-state index in [4.69, 9.17) is 4.74 Å². The molecule has 0 amide bonds. The van der Waals surface area contributed by atoms with E-state index in [-0.39, 0.29) is 11.5 Å². The van der Waals surface area contributed by atoms with Gasteiger partial charge in [0.25, 0.3) is 0 Å². The van der Waals surface area contributed by atoms with E-state index in [9.17, 15) is 5.11 Å². The van der Waals surface area contributed by atoms with Crippen LogP contribution in [0.4, 0.5) is 0 Å². The minimum atomic E-state index is -0.384. The van der Waals surface area contributed by atoms with Crippen molar-refractivity contribution in [3.8, 4) is 5.75 Å². The number of aliphatic hydroxyl groups is 1. The Balaban J connectivity index is 1.94. The summed E-state index contributed by atoms with van der Waals surface area (Å²) in [5.74, 6) is 1.31. The number of hydrogen-bond acceptors (Lipinski definition) is 2.